The molecule has 2 heterocycles. The topological polar surface area (TPSA) is 106 Å². The van der Waals surface area contributed by atoms with Crippen LogP contribution in [0.1, 0.15) is 58.7 Å². The number of anilines is 1. The number of carbonyl (C=O) groups is 1. The molecule has 4 N–H and O–H groups in total. The van der Waals surface area contributed by atoms with Crippen molar-refractivity contribution in [3.63, 3.8) is 0 Å². The van der Waals surface area contributed by atoms with Crippen LogP contribution in [-0.4, -0.2) is 25.8 Å². The molecule has 1 unspecified atom stereocenters. The minimum Gasteiger partial charge on any atom is -0.379 e. The van der Waals surface area contributed by atoms with Crippen molar-refractivity contribution in [3.8, 4) is 5.69 Å². The Balaban J connectivity index is 1.51. The minimum absolute atomic E-state index is 0.126. The lowest BCUT2D eigenvalue weighted by Gasteiger charge is -2.29. The maximum Gasteiger partial charge on any atom is 0.435 e. The van der Waals surface area contributed by atoms with Gasteiger partial charge in [-0.3, -0.25) is 9.78 Å². The number of halogens is 4. The summed E-state index contributed by atoms with van der Waals surface area (Å²) in [5, 5.41) is 17.8. The average molecular weight is 554 g/mol. The molecule has 40 heavy (non-hydrogen) atoms. The molecule has 2 aromatic heterocycles. The quantitative estimate of drug-likeness (QED) is 0.235. The molecule has 1 atom stereocenters. The van der Waals surface area contributed by atoms with Crippen molar-refractivity contribution in [2.45, 2.75) is 44.0 Å². The van der Waals surface area contributed by atoms with Gasteiger partial charge < -0.3 is 16.2 Å². The number of hydrogen-bond donors (Lipinski definition) is 3. The van der Waals surface area contributed by atoms with Crippen LogP contribution in [0.5, 0.6) is 0 Å². The van der Waals surface area contributed by atoms with Crippen molar-refractivity contribution >= 4 is 11.6 Å². The van der Waals surface area contributed by atoms with E-state index >= 15 is 0 Å². The Kier molecular flexibility index (Phi) is 7.43. The number of rotatable bonds is 9. The second kappa shape index (κ2) is 10.8. The number of nitrogens with one attached hydrogen (secondary N) is 1. The monoisotopic (exact) mass is 553 g/mol. The molecule has 4 aromatic rings. The number of alkyl halides is 3. The maximum atomic E-state index is 14.9. The highest BCUT2D eigenvalue weighted by molar-refractivity contribution is 6.03. The number of benzene rings is 2. The van der Waals surface area contributed by atoms with Crippen LogP contribution in [0.25, 0.3) is 5.69 Å². The van der Waals surface area contributed by atoms with Crippen LogP contribution < -0.4 is 11.1 Å². The molecule has 0 radical (unpaired) electrons. The number of pyridine rings is 1. The molecule has 1 saturated carbocycles. The van der Waals surface area contributed by atoms with Gasteiger partial charge in [-0.25, -0.2) is 9.07 Å². The zero-order valence-corrected chi connectivity index (χ0v) is 21.3. The molecule has 7 nitrogen and oxygen atoms in total. The summed E-state index contributed by atoms with van der Waals surface area (Å²) in [4.78, 5) is 17.6. The van der Waals surface area contributed by atoms with Crippen molar-refractivity contribution in [1.82, 2.24) is 14.8 Å². The Labute approximate surface area is 227 Å². The van der Waals surface area contributed by atoms with Gasteiger partial charge in [0.15, 0.2) is 5.69 Å². The Bertz CT molecular complexity index is 1520. The normalized spacial score (nSPS) is 15.1. The molecule has 0 saturated heterocycles. The van der Waals surface area contributed by atoms with Gasteiger partial charge in [-0.2, -0.15) is 18.3 Å². The first-order valence-corrected chi connectivity index (χ1v) is 12.8. The van der Waals surface area contributed by atoms with Gasteiger partial charge in [-0.15, -0.1) is 0 Å². The van der Waals surface area contributed by atoms with E-state index in [0.29, 0.717) is 35.2 Å². The van der Waals surface area contributed by atoms with Crippen LogP contribution in [0.15, 0.2) is 72.9 Å². The summed E-state index contributed by atoms with van der Waals surface area (Å²) < 4.78 is 56.5. The fourth-order valence-corrected chi connectivity index (χ4v) is 4.61. The smallest absolute Gasteiger partial charge is 0.379 e. The lowest BCUT2D eigenvalue weighted by Crippen LogP contribution is -2.29. The second-order valence-electron chi connectivity index (χ2n) is 9.90. The summed E-state index contributed by atoms with van der Waals surface area (Å²) in [6.45, 7) is 0.126. The van der Waals surface area contributed by atoms with Gasteiger partial charge >= 0.3 is 6.18 Å². The van der Waals surface area contributed by atoms with Crippen LogP contribution in [0.3, 0.4) is 0 Å². The number of nitrogens with zero attached hydrogens (tertiary/aromatic N) is 3. The zero-order chi connectivity index (χ0) is 28.5. The largest absolute Gasteiger partial charge is 0.435 e. The Hall–Kier alpha value is -4.09. The molecule has 0 spiro atoms. The van der Waals surface area contributed by atoms with Crippen molar-refractivity contribution in [1.29, 1.82) is 0 Å². The first-order valence-electron chi connectivity index (χ1n) is 12.8. The summed E-state index contributed by atoms with van der Waals surface area (Å²) >= 11 is 0. The van der Waals surface area contributed by atoms with Crippen molar-refractivity contribution in [3.05, 3.63) is 107 Å². The van der Waals surface area contributed by atoms with Crippen molar-refractivity contribution < 1.29 is 27.5 Å². The van der Waals surface area contributed by atoms with E-state index < -0.39 is 34.9 Å². The molecule has 5 rings (SSSR count). The second-order valence-corrected chi connectivity index (χ2v) is 9.90. The summed E-state index contributed by atoms with van der Waals surface area (Å²) in [7, 11) is 0. The van der Waals surface area contributed by atoms with E-state index in [2.05, 4.69) is 15.4 Å². The van der Waals surface area contributed by atoms with Crippen molar-refractivity contribution in [2.75, 3.05) is 5.32 Å². The SMILES string of the molecule is NCc1cccc(-n2nc(C(F)(F)F)cc2C(=O)Nc2cc(C(O)(CCC3CC3)c3ccccn3)ccc2F)c1. The third kappa shape index (κ3) is 5.75. The molecule has 0 aliphatic heterocycles. The third-order valence-electron chi connectivity index (χ3n) is 7.02. The van der Waals surface area contributed by atoms with Crippen LogP contribution in [0, 0.1) is 11.7 Å². The third-order valence-corrected chi connectivity index (χ3v) is 7.02. The molecule has 2 aromatic carbocycles. The average Bonchev–Trinajstić information content (AvgIpc) is 3.67. The highest BCUT2D eigenvalue weighted by Crippen LogP contribution is 2.41. The Morgan fingerprint density at radius 3 is 2.52 bits per heavy atom. The lowest BCUT2D eigenvalue weighted by molar-refractivity contribution is -0.141. The van der Waals surface area contributed by atoms with Crippen LogP contribution in [0.2, 0.25) is 0 Å². The van der Waals surface area contributed by atoms with E-state index in [1.807, 2.05) is 0 Å². The van der Waals surface area contributed by atoms with Gasteiger partial charge in [0.05, 0.1) is 17.1 Å². The summed E-state index contributed by atoms with van der Waals surface area (Å²) in [6, 6.07) is 15.8. The van der Waals surface area contributed by atoms with E-state index in [0.717, 1.165) is 30.0 Å². The number of hydrogen-bond acceptors (Lipinski definition) is 5. The predicted molar refractivity (Wildman–Crippen MR) is 140 cm³/mol. The van der Waals surface area contributed by atoms with Crippen LogP contribution in [0.4, 0.5) is 23.2 Å². The number of nitrogens with two attached hydrogens (primary N) is 1. The summed E-state index contributed by atoms with van der Waals surface area (Å²) in [5.41, 5.74) is 3.52. The summed E-state index contributed by atoms with van der Waals surface area (Å²) in [5.74, 6) is -1.35. The van der Waals surface area contributed by atoms with Crippen molar-refractivity contribution in [2.24, 2.45) is 11.7 Å². The number of aromatic nitrogens is 3. The van der Waals surface area contributed by atoms with Crippen LogP contribution >= 0.6 is 0 Å². The highest BCUT2D eigenvalue weighted by Gasteiger charge is 2.38. The molecule has 1 fully saturated rings. The van der Waals surface area contributed by atoms with Gasteiger partial charge in [0.2, 0.25) is 0 Å². The van der Waals surface area contributed by atoms with E-state index in [1.54, 1.807) is 36.5 Å². The van der Waals surface area contributed by atoms with Gasteiger partial charge in [0, 0.05) is 18.8 Å². The Morgan fingerprint density at radius 2 is 1.85 bits per heavy atom. The number of carbonyl (C=O) groups excluding carboxylic acids is 1. The summed E-state index contributed by atoms with van der Waals surface area (Å²) in [6.07, 6.45) is -0.0731. The first kappa shape index (κ1) is 27.5. The fourth-order valence-electron chi connectivity index (χ4n) is 4.61. The lowest BCUT2D eigenvalue weighted by atomic mass is 9.84. The van der Waals surface area contributed by atoms with Gasteiger partial charge in [0.25, 0.3) is 5.91 Å². The zero-order valence-electron chi connectivity index (χ0n) is 21.3. The molecule has 1 aliphatic carbocycles. The first-order chi connectivity index (χ1) is 19.1. The standard InChI is InChI=1S/C29H27F4N5O2/c30-22-10-9-20(28(40,12-11-18-7-8-18)25-6-1-2-13-35-25)15-23(22)36-27(39)24-16-26(29(31,32)33)37-38(24)21-5-3-4-19(14-21)17-34/h1-6,9-10,13-16,18,40H,7-8,11-12,17,34H2,(H,36,39). The number of aliphatic hydroxyl groups is 1. The number of amides is 1. The molecule has 208 valence electrons. The van der Waals surface area contributed by atoms with E-state index in [1.165, 1.54) is 24.3 Å². The van der Waals surface area contributed by atoms with E-state index in [4.69, 9.17) is 5.73 Å². The predicted octanol–water partition coefficient (Wildman–Crippen LogP) is 5.56. The van der Waals surface area contributed by atoms with E-state index in [-0.39, 0.29) is 17.9 Å². The molecule has 11 heteroatoms. The molecular formula is C29H27F4N5O2. The minimum atomic E-state index is -4.82. The highest BCUT2D eigenvalue weighted by atomic mass is 19.4. The van der Waals surface area contributed by atoms with Crippen LogP contribution in [-0.2, 0) is 18.3 Å². The fraction of sp³-hybridized carbons (Fsp3) is 0.276. The molecule has 0 bridgehead atoms. The maximum absolute atomic E-state index is 14.9. The van der Waals surface area contributed by atoms with Gasteiger partial charge in [-0.05, 0) is 66.3 Å². The molecule has 1 aliphatic rings. The Morgan fingerprint density at radius 1 is 1.05 bits per heavy atom. The molecule has 1 amide bonds. The van der Waals surface area contributed by atoms with Gasteiger partial charge in [-0.1, -0.05) is 37.1 Å². The molecular weight excluding hydrogens is 526 g/mol. The van der Waals surface area contributed by atoms with E-state index in [9.17, 15) is 27.5 Å². The van der Waals surface area contributed by atoms with Gasteiger partial charge in [0.1, 0.15) is 17.1 Å².